The van der Waals surface area contributed by atoms with Gasteiger partial charge in [-0.05, 0) is 30.4 Å². The van der Waals surface area contributed by atoms with Gasteiger partial charge in [-0.25, -0.2) is 0 Å². The van der Waals surface area contributed by atoms with Crippen molar-refractivity contribution in [1.82, 2.24) is 0 Å². The van der Waals surface area contributed by atoms with E-state index in [2.05, 4.69) is 19.9 Å². The van der Waals surface area contributed by atoms with E-state index in [9.17, 15) is 0 Å². The normalized spacial score (nSPS) is 20.7. The fourth-order valence-electron chi connectivity index (χ4n) is 2.01. The van der Waals surface area contributed by atoms with Crippen LogP contribution in [0.5, 0.6) is 0 Å². The zero-order chi connectivity index (χ0) is 10.4. The molecule has 0 spiro atoms. The molecule has 0 aromatic heterocycles. The number of nitriles is 1. The van der Waals surface area contributed by atoms with Crippen LogP contribution < -0.4 is 0 Å². The molecule has 1 unspecified atom stereocenters. The first-order valence-electron chi connectivity index (χ1n) is 5.75. The third-order valence-electron chi connectivity index (χ3n) is 2.81. The van der Waals surface area contributed by atoms with E-state index < -0.39 is 0 Å². The van der Waals surface area contributed by atoms with Gasteiger partial charge in [0.05, 0.1) is 11.3 Å². The highest BCUT2D eigenvalue weighted by molar-refractivity contribution is 8.00. The van der Waals surface area contributed by atoms with Gasteiger partial charge in [-0.2, -0.15) is 5.26 Å². The summed E-state index contributed by atoms with van der Waals surface area (Å²) in [6.45, 7) is 4.45. The Labute approximate surface area is 92.3 Å². The molecule has 1 aliphatic carbocycles. The second kappa shape index (κ2) is 6.35. The maximum atomic E-state index is 9.12. The van der Waals surface area contributed by atoms with Crippen LogP contribution in [0.1, 0.15) is 46.0 Å². The van der Waals surface area contributed by atoms with E-state index in [0.29, 0.717) is 11.8 Å². The standard InChI is InChI=1S/C12H21NS/c1-10(2)9-14-12(8-13)11-6-4-3-5-7-11/h10-12H,3-7,9H2,1-2H3. The maximum Gasteiger partial charge on any atom is 0.0944 e. The average molecular weight is 211 g/mol. The van der Waals surface area contributed by atoms with Crippen molar-refractivity contribution in [2.24, 2.45) is 11.8 Å². The first kappa shape index (κ1) is 11.9. The predicted molar refractivity (Wildman–Crippen MR) is 63.3 cm³/mol. The molecule has 1 aliphatic rings. The van der Waals surface area contributed by atoms with E-state index in [4.69, 9.17) is 5.26 Å². The molecule has 14 heavy (non-hydrogen) atoms. The molecule has 0 amide bonds. The molecular weight excluding hydrogens is 190 g/mol. The molecule has 0 saturated heterocycles. The smallest absolute Gasteiger partial charge is 0.0944 e. The molecule has 1 nitrogen and oxygen atoms in total. The molecule has 0 radical (unpaired) electrons. The van der Waals surface area contributed by atoms with Crippen LogP contribution in [-0.4, -0.2) is 11.0 Å². The van der Waals surface area contributed by atoms with E-state index in [1.165, 1.54) is 32.1 Å². The fourth-order valence-corrected chi connectivity index (χ4v) is 3.22. The average Bonchev–Trinajstić information content (AvgIpc) is 2.20. The van der Waals surface area contributed by atoms with Crippen LogP contribution >= 0.6 is 11.8 Å². The number of nitrogens with zero attached hydrogens (tertiary/aromatic N) is 1. The zero-order valence-electron chi connectivity index (χ0n) is 9.33. The largest absolute Gasteiger partial charge is 0.197 e. The fraction of sp³-hybridized carbons (Fsp3) is 0.917. The van der Waals surface area contributed by atoms with Crippen LogP contribution in [0.3, 0.4) is 0 Å². The van der Waals surface area contributed by atoms with Gasteiger partial charge in [-0.1, -0.05) is 33.1 Å². The van der Waals surface area contributed by atoms with Crippen molar-refractivity contribution >= 4 is 11.8 Å². The van der Waals surface area contributed by atoms with E-state index in [1.54, 1.807) is 0 Å². The van der Waals surface area contributed by atoms with Crippen LogP contribution in [-0.2, 0) is 0 Å². The van der Waals surface area contributed by atoms with Crippen molar-refractivity contribution in [3.63, 3.8) is 0 Å². The Morgan fingerprint density at radius 2 is 1.93 bits per heavy atom. The van der Waals surface area contributed by atoms with Gasteiger partial charge in [0.2, 0.25) is 0 Å². The monoisotopic (exact) mass is 211 g/mol. The summed E-state index contributed by atoms with van der Waals surface area (Å²) in [6.07, 6.45) is 6.62. The molecule has 0 bridgehead atoms. The lowest BCUT2D eigenvalue weighted by atomic mass is 9.87. The Hall–Kier alpha value is -0.160. The lowest BCUT2D eigenvalue weighted by Crippen LogP contribution is -2.19. The molecule has 1 atom stereocenters. The Balaban J connectivity index is 2.33. The number of hydrogen-bond acceptors (Lipinski definition) is 2. The van der Waals surface area contributed by atoms with Gasteiger partial charge in [-0.15, -0.1) is 11.8 Å². The van der Waals surface area contributed by atoms with Gasteiger partial charge in [0, 0.05) is 0 Å². The summed E-state index contributed by atoms with van der Waals surface area (Å²) in [5.74, 6) is 2.52. The molecule has 1 rings (SSSR count). The summed E-state index contributed by atoms with van der Waals surface area (Å²) < 4.78 is 0. The van der Waals surface area contributed by atoms with Crippen LogP contribution in [0, 0.1) is 23.2 Å². The summed E-state index contributed by atoms with van der Waals surface area (Å²) in [6, 6.07) is 2.49. The third-order valence-corrected chi connectivity index (χ3v) is 4.52. The SMILES string of the molecule is CC(C)CSC(C#N)C1CCCCC1. The first-order chi connectivity index (χ1) is 6.74. The van der Waals surface area contributed by atoms with Gasteiger partial charge >= 0.3 is 0 Å². The van der Waals surface area contributed by atoms with Crippen molar-refractivity contribution in [2.75, 3.05) is 5.75 Å². The van der Waals surface area contributed by atoms with Crippen LogP contribution in [0.4, 0.5) is 0 Å². The van der Waals surface area contributed by atoms with E-state index >= 15 is 0 Å². The molecule has 0 aromatic rings. The second-order valence-electron chi connectivity index (χ2n) is 4.67. The summed E-state index contributed by atoms with van der Waals surface area (Å²) in [7, 11) is 0. The summed E-state index contributed by atoms with van der Waals surface area (Å²) in [5, 5.41) is 9.38. The number of rotatable bonds is 4. The predicted octanol–water partition coefficient (Wildman–Crippen LogP) is 3.85. The van der Waals surface area contributed by atoms with Crippen molar-refractivity contribution in [1.29, 1.82) is 5.26 Å². The van der Waals surface area contributed by atoms with Gasteiger partial charge in [0.15, 0.2) is 0 Å². The summed E-state index contributed by atoms with van der Waals surface area (Å²) in [4.78, 5) is 0. The van der Waals surface area contributed by atoms with Gasteiger partial charge in [0.1, 0.15) is 0 Å². The highest BCUT2D eigenvalue weighted by Crippen LogP contribution is 2.32. The van der Waals surface area contributed by atoms with Crippen LogP contribution in [0.15, 0.2) is 0 Å². The molecule has 0 heterocycles. The Bertz CT molecular complexity index is 189. The van der Waals surface area contributed by atoms with Crippen molar-refractivity contribution in [3.05, 3.63) is 0 Å². The zero-order valence-corrected chi connectivity index (χ0v) is 10.1. The minimum atomic E-state index is 0.262. The van der Waals surface area contributed by atoms with E-state index in [0.717, 1.165) is 5.75 Å². The molecule has 1 fully saturated rings. The lowest BCUT2D eigenvalue weighted by molar-refractivity contribution is 0.370. The van der Waals surface area contributed by atoms with E-state index in [1.807, 2.05) is 11.8 Å². The molecule has 0 aromatic carbocycles. The quantitative estimate of drug-likeness (QED) is 0.705. The first-order valence-corrected chi connectivity index (χ1v) is 6.80. The lowest BCUT2D eigenvalue weighted by Gasteiger charge is -2.25. The Morgan fingerprint density at radius 3 is 2.43 bits per heavy atom. The molecule has 0 N–H and O–H groups in total. The minimum absolute atomic E-state index is 0.262. The molecular formula is C12H21NS. The van der Waals surface area contributed by atoms with E-state index in [-0.39, 0.29) is 5.25 Å². The van der Waals surface area contributed by atoms with Crippen LogP contribution in [0.25, 0.3) is 0 Å². The molecule has 1 saturated carbocycles. The highest BCUT2D eigenvalue weighted by Gasteiger charge is 2.23. The summed E-state index contributed by atoms with van der Waals surface area (Å²) in [5.41, 5.74) is 0. The van der Waals surface area contributed by atoms with Crippen molar-refractivity contribution < 1.29 is 0 Å². The maximum absolute atomic E-state index is 9.12. The Morgan fingerprint density at radius 1 is 1.29 bits per heavy atom. The molecule has 80 valence electrons. The summed E-state index contributed by atoms with van der Waals surface area (Å²) >= 11 is 1.88. The highest BCUT2D eigenvalue weighted by atomic mass is 32.2. The van der Waals surface area contributed by atoms with Gasteiger partial charge < -0.3 is 0 Å². The van der Waals surface area contributed by atoms with Crippen LogP contribution in [0.2, 0.25) is 0 Å². The molecule has 0 aliphatic heterocycles. The minimum Gasteiger partial charge on any atom is -0.197 e. The number of thioether (sulfide) groups is 1. The number of hydrogen-bond donors (Lipinski definition) is 0. The van der Waals surface area contributed by atoms with Crippen molar-refractivity contribution in [2.45, 2.75) is 51.2 Å². The second-order valence-corrected chi connectivity index (χ2v) is 5.85. The van der Waals surface area contributed by atoms with Gasteiger partial charge in [0.25, 0.3) is 0 Å². The molecule has 2 heteroatoms. The third kappa shape index (κ3) is 3.92. The van der Waals surface area contributed by atoms with Crippen molar-refractivity contribution in [3.8, 4) is 6.07 Å². The van der Waals surface area contributed by atoms with Gasteiger partial charge in [-0.3, -0.25) is 0 Å². The topological polar surface area (TPSA) is 23.8 Å². The Kier molecular flexibility index (Phi) is 5.40.